The molecule has 0 radical (unpaired) electrons. The van der Waals surface area contributed by atoms with Crippen LogP contribution in [0.5, 0.6) is 0 Å². The molecule has 0 aliphatic carbocycles. The van der Waals surface area contributed by atoms with Gasteiger partial charge in [0.2, 0.25) is 8.32 Å². The first-order valence-electron chi connectivity index (χ1n) is 6.43. The first-order valence-corrected chi connectivity index (χ1v) is 9.34. The molecule has 94 valence electrons. The van der Waals surface area contributed by atoms with Gasteiger partial charge in [0, 0.05) is 6.61 Å². The zero-order valence-electron chi connectivity index (χ0n) is 11.3. The van der Waals surface area contributed by atoms with E-state index < -0.39 is 8.32 Å². The monoisotopic (exact) mass is 256 g/mol. The van der Waals surface area contributed by atoms with Gasteiger partial charge in [-0.25, -0.2) is 0 Å². The van der Waals surface area contributed by atoms with Gasteiger partial charge >= 0.3 is 0 Å². The van der Waals surface area contributed by atoms with Crippen LogP contribution in [0.15, 0.2) is 54.6 Å². The summed E-state index contributed by atoms with van der Waals surface area (Å²) in [5.41, 5.74) is 2.53. The number of rotatable bonds is 4. The maximum atomic E-state index is 5.90. The molecular weight excluding hydrogens is 236 g/mol. The smallest absolute Gasteiger partial charge is 0.218 e. The molecule has 0 bridgehead atoms. The van der Waals surface area contributed by atoms with Crippen molar-refractivity contribution in [1.82, 2.24) is 0 Å². The molecule has 1 nitrogen and oxygen atoms in total. The van der Waals surface area contributed by atoms with Crippen LogP contribution in [-0.2, 0) is 4.43 Å². The maximum Gasteiger partial charge on any atom is 0.218 e. The van der Waals surface area contributed by atoms with Crippen molar-refractivity contribution in [3.8, 4) is 11.1 Å². The van der Waals surface area contributed by atoms with Crippen LogP contribution in [0.2, 0.25) is 13.1 Å². The van der Waals surface area contributed by atoms with Gasteiger partial charge in [0.25, 0.3) is 0 Å². The SMILES string of the molecule is CCO[Si](C)(C)c1ccc(-c2ccccc2)cc1. The molecule has 2 rings (SSSR count). The van der Waals surface area contributed by atoms with Gasteiger partial charge in [0.15, 0.2) is 0 Å². The average Bonchev–Trinajstić information content (AvgIpc) is 2.40. The molecule has 0 unspecified atom stereocenters. The van der Waals surface area contributed by atoms with Crippen molar-refractivity contribution in [1.29, 1.82) is 0 Å². The van der Waals surface area contributed by atoms with Crippen LogP contribution in [0.1, 0.15) is 6.92 Å². The first-order chi connectivity index (χ1) is 8.63. The number of benzene rings is 2. The maximum absolute atomic E-state index is 5.90. The van der Waals surface area contributed by atoms with Crippen molar-refractivity contribution in [2.45, 2.75) is 20.0 Å². The Labute approximate surface area is 111 Å². The van der Waals surface area contributed by atoms with Crippen molar-refractivity contribution < 1.29 is 4.43 Å². The molecule has 0 atom stereocenters. The topological polar surface area (TPSA) is 9.23 Å². The van der Waals surface area contributed by atoms with E-state index in [-0.39, 0.29) is 0 Å². The summed E-state index contributed by atoms with van der Waals surface area (Å²) in [4.78, 5) is 0. The van der Waals surface area contributed by atoms with Gasteiger partial charge in [-0.1, -0.05) is 54.6 Å². The Balaban J connectivity index is 2.26. The Morgan fingerprint density at radius 2 is 1.39 bits per heavy atom. The standard InChI is InChI=1S/C16H20OSi/c1-4-17-18(2,3)16-12-10-15(11-13-16)14-8-6-5-7-9-14/h5-13H,4H2,1-3H3. The second kappa shape index (κ2) is 5.51. The molecule has 0 heterocycles. The normalized spacial score (nSPS) is 11.5. The quantitative estimate of drug-likeness (QED) is 0.756. The van der Waals surface area contributed by atoms with Gasteiger partial charge in [0.05, 0.1) is 0 Å². The lowest BCUT2D eigenvalue weighted by Crippen LogP contribution is -2.44. The minimum atomic E-state index is -1.70. The number of hydrogen-bond donors (Lipinski definition) is 0. The van der Waals surface area contributed by atoms with Crippen LogP contribution in [-0.4, -0.2) is 14.9 Å². The van der Waals surface area contributed by atoms with Gasteiger partial charge < -0.3 is 4.43 Å². The van der Waals surface area contributed by atoms with Crippen LogP contribution in [0.25, 0.3) is 11.1 Å². The van der Waals surface area contributed by atoms with Gasteiger partial charge in [0.1, 0.15) is 0 Å². The Morgan fingerprint density at radius 1 is 0.833 bits per heavy atom. The Kier molecular flexibility index (Phi) is 3.99. The predicted octanol–water partition coefficient (Wildman–Crippen LogP) is 3.80. The van der Waals surface area contributed by atoms with Crippen molar-refractivity contribution in [2.75, 3.05) is 6.61 Å². The van der Waals surface area contributed by atoms with Crippen LogP contribution < -0.4 is 5.19 Å². The third kappa shape index (κ3) is 2.89. The summed E-state index contributed by atoms with van der Waals surface area (Å²) in [5, 5.41) is 1.35. The van der Waals surface area contributed by atoms with Crippen molar-refractivity contribution in [3.63, 3.8) is 0 Å². The molecule has 0 amide bonds. The summed E-state index contributed by atoms with van der Waals surface area (Å²) < 4.78 is 5.90. The molecule has 0 aliphatic rings. The fourth-order valence-corrected chi connectivity index (χ4v) is 4.00. The lowest BCUT2D eigenvalue weighted by molar-refractivity contribution is 0.339. The Bertz CT molecular complexity index is 488. The molecule has 0 fully saturated rings. The molecule has 0 N–H and O–H groups in total. The molecule has 0 saturated carbocycles. The fourth-order valence-electron chi connectivity index (χ4n) is 2.14. The summed E-state index contributed by atoms with van der Waals surface area (Å²) in [6.45, 7) is 7.34. The first kappa shape index (κ1) is 13.1. The van der Waals surface area contributed by atoms with Crippen LogP contribution in [0.4, 0.5) is 0 Å². The van der Waals surface area contributed by atoms with Crippen LogP contribution in [0.3, 0.4) is 0 Å². The van der Waals surface area contributed by atoms with E-state index in [9.17, 15) is 0 Å². The van der Waals surface area contributed by atoms with Crippen LogP contribution >= 0.6 is 0 Å². The van der Waals surface area contributed by atoms with Gasteiger partial charge in [-0.2, -0.15) is 0 Å². The molecular formula is C16H20OSi. The highest BCUT2D eigenvalue weighted by Gasteiger charge is 2.24. The minimum Gasteiger partial charge on any atom is -0.413 e. The zero-order valence-corrected chi connectivity index (χ0v) is 12.3. The number of hydrogen-bond acceptors (Lipinski definition) is 1. The van der Waals surface area contributed by atoms with Crippen LogP contribution in [0, 0.1) is 0 Å². The predicted molar refractivity (Wildman–Crippen MR) is 80.6 cm³/mol. The van der Waals surface area contributed by atoms with E-state index in [4.69, 9.17) is 4.43 Å². The molecule has 0 aliphatic heterocycles. The third-order valence-corrected chi connectivity index (χ3v) is 5.93. The van der Waals surface area contributed by atoms with E-state index in [1.54, 1.807) is 0 Å². The van der Waals surface area contributed by atoms with E-state index in [1.807, 2.05) is 6.07 Å². The van der Waals surface area contributed by atoms with Crippen molar-refractivity contribution >= 4 is 13.5 Å². The molecule has 2 heteroatoms. The molecule has 2 aromatic rings. The van der Waals surface area contributed by atoms with E-state index in [0.717, 1.165) is 6.61 Å². The second-order valence-electron chi connectivity index (χ2n) is 4.89. The highest BCUT2D eigenvalue weighted by atomic mass is 28.4. The molecule has 0 spiro atoms. The van der Waals surface area contributed by atoms with Gasteiger partial charge in [-0.05, 0) is 36.3 Å². The van der Waals surface area contributed by atoms with E-state index in [2.05, 4.69) is 68.5 Å². The summed E-state index contributed by atoms with van der Waals surface area (Å²) >= 11 is 0. The Morgan fingerprint density at radius 3 is 1.94 bits per heavy atom. The molecule has 0 aromatic heterocycles. The lowest BCUT2D eigenvalue weighted by Gasteiger charge is -2.22. The second-order valence-corrected chi connectivity index (χ2v) is 8.77. The van der Waals surface area contributed by atoms with Crippen molar-refractivity contribution in [3.05, 3.63) is 54.6 Å². The van der Waals surface area contributed by atoms with Gasteiger partial charge in [-0.15, -0.1) is 0 Å². The summed E-state index contributed by atoms with van der Waals surface area (Å²) in [6.07, 6.45) is 0. The average molecular weight is 256 g/mol. The third-order valence-electron chi connectivity index (χ3n) is 3.19. The molecule has 0 saturated heterocycles. The summed E-state index contributed by atoms with van der Waals surface area (Å²) in [7, 11) is -1.70. The van der Waals surface area contributed by atoms with Crippen molar-refractivity contribution in [2.24, 2.45) is 0 Å². The minimum absolute atomic E-state index is 0.791. The largest absolute Gasteiger partial charge is 0.413 e. The van der Waals surface area contributed by atoms with E-state index >= 15 is 0 Å². The van der Waals surface area contributed by atoms with Gasteiger partial charge in [-0.3, -0.25) is 0 Å². The zero-order chi connectivity index (χ0) is 13.0. The van der Waals surface area contributed by atoms with E-state index in [1.165, 1.54) is 16.3 Å². The molecule has 18 heavy (non-hydrogen) atoms. The highest BCUT2D eigenvalue weighted by molar-refractivity contribution is 6.84. The highest BCUT2D eigenvalue weighted by Crippen LogP contribution is 2.18. The Hall–Kier alpha value is -1.38. The fraction of sp³-hybridized carbons (Fsp3) is 0.250. The summed E-state index contributed by atoms with van der Waals surface area (Å²) in [5.74, 6) is 0. The lowest BCUT2D eigenvalue weighted by atomic mass is 10.1. The summed E-state index contributed by atoms with van der Waals surface area (Å²) in [6, 6.07) is 19.3. The van der Waals surface area contributed by atoms with E-state index in [0.29, 0.717) is 0 Å². The molecule has 2 aromatic carbocycles.